The van der Waals surface area contributed by atoms with Crippen molar-refractivity contribution in [3.05, 3.63) is 53.6 Å². The third-order valence-corrected chi connectivity index (χ3v) is 6.33. The summed E-state index contributed by atoms with van der Waals surface area (Å²) in [6.45, 7) is 10.7. The van der Waals surface area contributed by atoms with Gasteiger partial charge in [-0.1, -0.05) is 44.5 Å². The van der Waals surface area contributed by atoms with Crippen LogP contribution < -0.4 is 15.5 Å². The van der Waals surface area contributed by atoms with Gasteiger partial charge in [0.1, 0.15) is 6.29 Å². The van der Waals surface area contributed by atoms with Crippen LogP contribution in [0.1, 0.15) is 57.6 Å². The second-order valence-electron chi connectivity index (χ2n) is 9.47. The molecule has 0 spiro atoms. The minimum Gasteiger partial charge on any atom is -0.381 e. The van der Waals surface area contributed by atoms with Crippen molar-refractivity contribution >= 4 is 29.4 Å². The zero-order valence-electron chi connectivity index (χ0n) is 20.3. The van der Waals surface area contributed by atoms with E-state index in [1.165, 1.54) is 0 Å². The number of anilines is 3. The molecule has 178 valence electrons. The van der Waals surface area contributed by atoms with Crippen molar-refractivity contribution in [2.45, 2.75) is 64.8 Å². The molecule has 1 aliphatic rings. The molecule has 2 amide bonds. The highest BCUT2D eigenvalue weighted by Gasteiger charge is 2.26. The molecule has 6 nitrogen and oxygen atoms in total. The normalized spacial score (nSPS) is 14.5. The zero-order chi connectivity index (χ0) is 23.8. The lowest BCUT2D eigenvalue weighted by molar-refractivity contribution is -0.108. The van der Waals surface area contributed by atoms with Gasteiger partial charge in [-0.05, 0) is 61.4 Å². The molecule has 0 aliphatic carbocycles. The third kappa shape index (κ3) is 6.57. The lowest BCUT2D eigenvalue weighted by Gasteiger charge is -2.37. The van der Waals surface area contributed by atoms with Crippen molar-refractivity contribution in [3.8, 4) is 0 Å². The molecule has 0 aromatic heterocycles. The molecule has 0 unspecified atom stereocenters. The van der Waals surface area contributed by atoms with E-state index in [2.05, 4.69) is 48.4 Å². The van der Waals surface area contributed by atoms with Crippen LogP contribution in [-0.4, -0.2) is 38.1 Å². The molecule has 2 aromatic rings. The SMILES string of the molecule is CCCN(c1ccc(C(C)(C)CC=O)cc1NC(=O)Nc1ccc(C)cc1)C1CCOCC1. The summed E-state index contributed by atoms with van der Waals surface area (Å²) in [4.78, 5) is 26.6. The van der Waals surface area contributed by atoms with Crippen LogP contribution in [-0.2, 0) is 14.9 Å². The van der Waals surface area contributed by atoms with E-state index in [1.807, 2.05) is 37.3 Å². The number of carbonyl (C=O) groups excluding carboxylic acids is 2. The van der Waals surface area contributed by atoms with Crippen molar-refractivity contribution < 1.29 is 14.3 Å². The zero-order valence-corrected chi connectivity index (χ0v) is 20.3. The Kier molecular flexibility index (Phi) is 8.50. The molecule has 0 atom stereocenters. The first kappa shape index (κ1) is 24.8. The molecule has 3 rings (SSSR count). The first-order valence-corrected chi connectivity index (χ1v) is 11.9. The fourth-order valence-corrected chi connectivity index (χ4v) is 4.29. The smallest absolute Gasteiger partial charge is 0.323 e. The summed E-state index contributed by atoms with van der Waals surface area (Å²) in [7, 11) is 0. The Morgan fingerprint density at radius 3 is 2.45 bits per heavy atom. The highest BCUT2D eigenvalue weighted by atomic mass is 16.5. The minimum atomic E-state index is -0.321. The van der Waals surface area contributed by atoms with Crippen molar-refractivity contribution in [2.24, 2.45) is 0 Å². The molecule has 0 radical (unpaired) electrons. The largest absolute Gasteiger partial charge is 0.381 e. The molecule has 6 heteroatoms. The molecule has 1 saturated heterocycles. The van der Waals surface area contributed by atoms with Gasteiger partial charge in [0.15, 0.2) is 0 Å². The van der Waals surface area contributed by atoms with E-state index in [1.54, 1.807) is 0 Å². The van der Waals surface area contributed by atoms with Crippen molar-refractivity contribution in [1.29, 1.82) is 0 Å². The van der Waals surface area contributed by atoms with Gasteiger partial charge in [-0.15, -0.1) is 0 Å². The van der Waals surface area contributed by atoms with Crippen molar-refractivity contribution in [1.82, 2.24) is 0 Å². The van der Waals surface area contributed by atoms with Gasteiger partial charge in [0, 0.05) is 37.9 Å². The number of nitrogens with one attached hydrogen (secondary N) is 2. The van der Waals surface area contributed by atoms with Gasteiger partial charge in [0.25, 0.3) is 0 Å². The van der Waals surface area contributed by atoms with E-state index < -0.39 is 0 Å². The minimum absolute atomic E-state index is 0.283. The summed E-state index contributed by atoms with van der Waals surface area (Å²) < 4.78 is 5.58. The molecule has 2 aromatic carbocycles. The number of carbonyl (C=O) groups is 2. The first-order valence-electron chi connectivity index (χ1n) is 11.9. The average Bonchev–Trinajstić information content (AvgIpc) is 2.80. The van der Waals surface area contributed by atoms with E-state index in [4.69, 9.17) is 4.74 Å². The Balaban J connectivity index is 1.94. The van der Waals surface area contributed by atoms with Gasteiger partial charge in [-0.3, -0.25) is 0 Å². The third-order valence-electron chi connectivity index (χ3n) is 6.33. The maximum Gasteiger partial charge on any atom is 0.323 e. The fourth-order valence-electron chi connectivity index (χ4n) is 4.29. The average molecular weight is 452 g/mol. The summed E-state index contributed by atoms with van der Waals surface area (Å²) in [6, 6.07) is 14.0. The monoisotopic (exact) mass is 451 g/mol. The van der Waals surface area contributed by atoms with Gasteiger partial charge >= 0.3 is 6.03 Å². The van der Waals surface area contributed by atoms with Gasteiger partial charge in [-0.25, -0.2) is 4.79 Å². The first-order chi connectivity index (χ1) is 15.8. The van der Waals surface area contributed by atoms with Gasteiger partial charge in [-0.2, -0.15) is 0 Å². The predicted octanol–water partition coefficient (Wildman–Crippen LogP) is 5.90. The highest BCUT2D eigenvalue weighted by molar-refractivity contribution is 6.02. The quantitative estimate of drug-likeness (QED) is 0.466. The number of benzene rings is 2. The van der Waals surface area contributed by atoms with E-state index in [9.17, 15) is 9.59 Å². The van der Waals surface area contributed by atoms with E-state index >= 15 is 0 Å². The van der Waals surface area contributed by atoms with E-state index in [0.717, 1.165) is 73.5 Å². The second-order valence-corrected chi connectivity index (χ2v) is 9.47. The molecule has 1 fully saturated rings. The summed E-state index contributed by atoms with van der Waals surface area (Å²) in [5.41, 5.74) is 4.35. The number of aldehydes is 1. The van der Waals surface area contributed by atoms with E-state index in [-0.39, 0.29) is 11.4 Å². The fraction of sp³-hybridized carbons (Fsp3) is 0.481. The number of ether oxygens (including phenoxy) is 1. The van der Waals surface area contributed by atoms with Gasteiger partial charge < -0.3 is 25.1 Å². The Morgan fingerprint density at radius 2 is 1.82 bits per heavy atom. The molecule has 33 heavy (non-hydrogen) atoms. The Bertz CT molecular complexity index is 934. The maximum absolute atomic E-state index is 12.9. The van der Waals surface area contributed by atoms with E-state index in [0.29, 0.717) is 12.5 Å². The van der Waals surface area contributed by atoms with Gasteiger partial charge in [0.2, 0.25) is 0 Å². The number of aryl methyl sites for hydroxylation is 1. The Morgan fingerprint density at radius 1 is 1.12 bits per heavy atom. The Labute approximate surface area is 197 Å². The highest BCUT2D eigenvalue weighted by Crippen LogP contribution is 2.36. The molecule has 1 heterocycles. The molecule has 0 saturated carbocycles. The number of hydrogen-bond donors (Lipinski definition) is 2. The number of hydrogen-bond acceptors (Lipinski definition) is 4. The molecule has 2 N–H and O–H groups in total. The summed E-state index contributed by atoms with van der Waals surface area (Å²) in [6.07, 6.45) is 4.31. The summed E-state index contributed by atoms with van der Waals surface area (Å²) in [5, 5.41) is 6.03. The van der Waals surface area contributed by atoms with Crippen LogP contribution in [0, 0.1) is 6.92 Å². The van der Waals surface area contributed by atoms with Crippen LogP contribution in [0.4, 0.5) is 21.9 Å². The van der Waals surface area contributed by atoms with Gasteiger partial charge in [0.05, 0.1) is 11.4 Å². The Hall–Kier alpha value is -2.86. The molecule has 1 aliphatic heterocycles. The van der Waals surface area contributed by atoms with Crippen LogP contribution in [0.5, 0.6) is 0 Å². The lowest BCUT2D eigenvalue weighted by Crippen LogP contribution is -2.40. The lowest BCUT2D eigenvalue weighted by atomic mass is 9.81. The molecular weight excluding hydrogens is 414 g/mol. The maximum atomic E-state index is 12.9. The van der Waals surface area contributed by atoms with Crippen LogP contribution in [0.3, 0.4) is 0 Å². The van der Waals surface area contributed by atoms with Crippen LogP contribution >= 0.6 is 0 Å². The second kappa shape index (κ2) is 11.3. The standard InChI is InChI=1S/C27H37N3O3/c1-5-15-30(23-12-17-33-18-13-23)25-11-8-21(27(3,4)14-16-31)19-24(25)29-26(32)28-22-9-6-20(2)7-10-22/h6-11,16,19,23H,5,12-15,17-18H2,1-4H3,(H2,28,29,32). The van der Waals surface area contributed by atoms with Crippen LogP contribution in [0.2, 0.25) is 0 Å². The molecule has 0 bridgehead atoms. The summed E-state index contributed by atoms with van der Waals surface area (Å²) in [5.74, 6) is 0. The number of nitrogens with zero attached hydrogens (tertiary/aromatic N) is 1. The summed E-state index contributed by atoms with van der Waals surface area (Å²) >= 11 is 0. The van der Waals surface area contributed by atoms with Crippen LogP contribution in [0.25, 0.3) is 0 Å². The van der Waals surface area contributed by atoms with Crippen molar-refractivity contribution in [3.63, 3.8) is 0 Å². The predicted molar refractivity (Wildman–Crippen MR) is 135 cm³/mol. The molecular formula is C27H37N3O3. The number of rotatable bonds is 9. The van der Waals surface area contributed by atoms with Crippen LogP contribution in [0.15, 0.2) is 42.5 Å². The number of urea groups is 1. The topological polar surface area (TPSA) is 70.7 Å². The number of amides is 2. The van der Waals surface area contributed by atoms with Crippen molar-refractivity contribution in [2.75, 3.05) is 35.3 Å².